The zero-order chi connectivity index (χ0) is 15.9. The fourth-order valence-electron chi connectivity index (χ4n) is 1.76. The minimum Gasteiger partial charge on any atom is -0.494 e. The Labute approximate surface area is 141 Å². The second-order valence-corrected chi connectivity index (χ2v) is 5.93. The van der Waals surface area contributed by atoms with Crippen LogP contribution in [-0.4, -0.2) is 12.5 Å². The first kappa shape index (κ1) is 16.8. The molecule has 3 nitrogen and oxygen atoms in total. The van der Waals surface area contributed by atoms with Crippen molar-refractivity contribution >= 4 is 39.1 Å². The summed E-state index contributed by atoms with van der Waals surface area (Å²) in [5.74, 6) is -0.0233. The molecule has 0 aromatic heterocycles. The summed E-state index contributed by atoms with van der Waals surface area (Å²) in [6.45, 7) is 0.401. The van der Waals surface area contributed by atoms with Gasteiger partial charge < -0.3 is 10.1 Å². The van der Waals surface area contributed by atoms with Crippen LogP contribution in [0, 0.1) is 5.82 Å². The molecule has 2 rings (SSSR count). The fourth-order valence-corrected chi connectivity index (χ4v) is 2.22. The van der Waals surface area contributed by atoms with Crippen molar-refractivity contribution in [3.8, 4) is 5.75 Å². The number of carbonyl (C=O) groups is 1. The van der Waals surface area contributed by atoms with Gasteiger partial charge in [-0.3, -0.25) is 4.79 Å². The molecule has 0 aliphatic carbocycles. The molecule has 1 N–H and O–H groups in total. The number of rotatable bonds is 6. The second-order valence-electron chi connectivity index (χ2n) is 4.58. The van der Waals surface area contributed by atoms with Gasteiger partial charge in [-0.1, -0.05) is 27.5 Å². The van der Waals surface area contributed by atoms with Gasteiger partial charge in [-0.2, -0.15) is 0 Å². The molecule has 0 saturated carbocycles. The predicted molar refractivity (Wildman–Crippen MR) is 88.9 cm³/mol. The third-order valence-corrected chi connectivity index (χ3v) is 3.58. The third-order valence-electron chi connectivity index (χ3n) is 2.84. The third kappa shape index (κ3) is 5.31. The highest BCUT2D eigenvalue weighted by molar-refractivity contribution is 9.10. The molecule has 0 bridgehead atoms. The number of halogens is 3. The van der Waals surface area contributed by atoms with Crippen LogP contribution < -0.4 is 10.1 Å². The quantitative estimate of drug-likeness (QED) is 0.706. The van der Waals surface area contributed by atoms with Gasteiger partial charge in [0.2, 0.25) is 5.91 Å². The zero-order valence-corrected chi connectivity index (χ0v) is 14.0. The summed E-state index contributed by atoms with van der Waals surface area (Å²) >= 11 is 8.93. The average Bonchev–Trinajstić information content (AvgIpc) is 2.48. The summed E-state index contributed by atoms with van der Waals surface area (Å²) in [5, 5.41) is 3.18. The van der Waals surface area contributed by atoms with Crippen molar-refractivity contribution in [2.24, 2.45) is 0 Å². The van der Waals surface area contributed by atoms with Crippen LogP contribution in [0.15, 0.2) is 46.9 Å². The van der Waals surface area contributed by atoms with Crippen LogP contribution in [0.2, 0.25) is 5.02 Å². The van der Waals surface area contributed by atoms with Crippen molar-refractivity contribution in [1.29, 1.82) is 0 Å². The first-order valence-corrected chi connectivity index (χ1v) is 7.85. The lowest BCUT2D eigenvalue weighted by Gasteiger charge is -2.08. The van der Waals surface area contributed by atoms with E-state index in [0.717, 1.165) is 0 Å². The van der Waals surface area contributed by atoms with Gasteiger partial charge in [-0.15, -0.1) is 0 Å². The first-order chi connectivity index (χ1) is 10.5. The van der Waals surface area contributed by atoms with Crippen LogP contribution in [0.25, 0.3) is 0 Å². The Morgan fingerprint density at radius 2 is 1.95 bits per heavy atom. The standard InChI is InChI=1S/C16H14BrClFNO2/c17-11-3-8-15(14(19)10-11)20-16(21)2-1-9-22-13-6-4-12(18)5-7-13/h3-8,10H,1-2,9H2,(H,20,21). The van der Waals surface area contributed by atoms with Gasteiger partial charge in [0.1, 0.15) is 11.6 Å². The van der Waals surface area contributed by atoms with Crippen molar-refractivity contribution in [3.63, 3.8) is 0 Å². The zero-order valence-electron chi connectivity index (χ0n) is 11.6. The maximum absolute atomic E-state index is 13.6. The number of anilines is 1. The Hall–Kier alpha value is -1.59. The highest BCUT2D eigenvalue weighted by Gasteiger charge is 2.07. The van der Waals surface area contributed by atoms with Crippen molar-refractivity contribution in [2.75, 3.05) is 11.9 Å². The van der Waals surface area contributed by atoms with E-state index in [1.54, 1.807) is 30.3 Å². The molecule has 22 heavy (non-hydrogen) atoms. The first-order valence-electron chi connectivity index (χ1n) is 6.68. The smallest absolute Gasteiger partial charge is 0.224 e. The molecule has 0 heterocycles. The van der Waals surface area contributed by atoms with Crippen LogP contribution in [0.5, 0.6) is 5.75 Å². The second kappa shape index (κ2) is 8.15. The molecular weight excluding hydrogens is 373 g/mol. The summed E-state index contributed by atoms with van der Waals surface area (Å²) in [5.41, 5.74) is 0.173. The van der Waals surface area contributed by atoms with E-state index >= 15 is 0 Å². The Morgan fingerprint density at radius 1 is 1.23 bits per heavy atom. The number of ether oxygens (including phenoxy) is 1. The summed E-state index contributed by atoms with van der Waals surface area (Å²) in [6, 6.07) is 11.5. The summed E-state index contributed by atoms with van der Waals surface area (Å²) in [6.07, 6.45) is 0.787. The Morgan fingerprint density at radius 3 is 2.64 bits per heavy atom. The van der Waals surface area contributed by atoms with Crippen LogP contribution in [-0.2, 0) is 4.79 Å². The van der Waals surface area contributed by atoms with Gasteiger partial charge in [-0.25, -0.2) is 4.39 Å². The molecule has 0 atom stereocenters. The average molecular weight is 387 g/mol. The van der Waals surface area contributed by atoms with Crippen LogP contribution in [0.4, 0.5) is 10.1 Å². The van der Waals surface area contributed by atoms with E-state index in [-0.39, 0.29) is 18.0 Å². The summed E-state index contributed by atoms with van der Waals surface area (Å²) in [4.78, 5) is 11.7. The summed E-state index contributed by atoms with van der Waals surface area (Å²) < 4.78 is 19.7. The lowest BCUT2D eigenvalue weighted by atomic mass is 10.2. The molecule has 6 heteroatoms. The van der Waals surface area contributed by atoms with Crippen LogP contribution in [0.1, 0.15) is 12.8 Å². The number of benzene rings is 2. The Balaban J connectivity index is 1.72. The number of hydrogen-bond donors (Lipinski definition) is 1. The van der Waals surface area contributed by atoms with Crippen molar-refractivity contribution < 1.29 is 13.9 Å². The van der Waals surface area contributed by atoms with Gasteiger partial charge in [0.15, 0.2) is 0 Å². The molecule has 0 aliphatic rings. The highest BCUT2D eigenvalue weighted by Crippen LogP contribution is 2.19. The molecule has 0 saturated heterocycles. The number of hydrogen-bond acceptors (Lipinski definition) is 2. The topological polar surface area (TPSA) is 38.3 Å². The largest absolute Gasteiger partial charge is 0.494 e. The van der Waals surface area contributed by atoms with Gasteiger partial charge in [0, 0.05) is 15.9 Å². The molecule has 2 aromatic carbocycles. The normalized spacial score (nSPS) is 10.3. The van der Waals surface area contributed by atoms with E-state index in [1.807, 2.05) is 0 Å². The maximum Gasteiger partial charge on any atom is 0.224 e. The lowest BCUT2D eigenvalue weighted by molar-refractivity contribution is -0.116. The number of nitrogens with one attached hydrogen (secondary N) is 1. The maximum atomic E-state index is 13.6. The van der Waals surface area contributed by atoms with E-state index in [4.69, 9.17) is 16.3 Å². The molecule has 1 amide bonds. The minimum absolute atomic E-state index is 0.173. The van der Waals surface area contributed by atoms with E-state index in [9.17, 15) is 9.18 Å². The molecule has 0 radical (unpaired) electrons. The molecule has 116 valence electrons. The molecule has 2 aromatic rings. The van der Waals surface area contributed by atoms with Crippen LogP contribution >= 0.6 is 27.5 Å². The Bertz CT molecular complexity index is 649. The molecule has 0 spiro atoms. The predicted octanol–water partition coefficient (Wildman–Crippen LogP) is 5.04. The van der Waals surface area contributed by atoms with Gasteiger partial charge in [0.25, 0.3) is 0 Å². The molecular formula is C16H14BrClFNO2. The summed E-state index contributed by atoms with van der Waals surface area (Å²) in [7, 11) is 0. The van der Waals surface area contributed by atoms with Gasteiger partial charge >= 0.3 is 0 Å². The SMILES string of the molecule is O=C(CCCOc1ccc(Cl)cc1)Nc1ccc(Br)cc1F. The monoisotopic (exact) mass is 385 g/mol. The van der Waals surface area contributed by atoms with Gasteiger partial charge in [-0.05, 0) is 48.9 Å². The van der Waals surface area contributed by atoms with Crippen LogP contribution in [0.3, 0.4) is 0 Å². The van der Waals surface area contributed by atoms with E-state index < -0.39 is 5.82 Å². The fraction of sp³-hybridized carbons (Fsp3) is 0.188. The van der Waals surface area contributed by atoms with Crippen molar-refractivity contribution in [2.45, 2.75) is 12.8 Å². The highest BCUT2D eigenvalue weighted by atomic mass is 79.9. The van der Waals surface area contributed by atoms with Gasteiger partial charge in [0.05, 0.1) is 12.3 Å². The Kier molecular flexibility index (Phi) is 6.21. The van der Waals surface area contributed by atoms with E-state index in [1.165, 1.54) is 12.1 Å². The molecule has 0 unspecified atom stereocenters. The number of carbonyl (C=O) groups excluding carboxylic acids is 1. The van der Waals surface area contributed by atoms with E-state index in [2.05, 4.69) is 21.2 Å². The van der Waals surface area contributed by atoms with Crippen molar-refractivity contribution in [3.05, 3.63) is 57.8 Å². The molecule has 0 fully saturated rings. The lowest BCUT2D eigenvalue weighted by Crippen LogP contribution is -2.13. The molecule has 0 aliphatic heterocycles. The minimum atomic E-state index is -0.472. The van der Waals surface area contributed by atoms with E-state index in [0.29, 0.717) is 28.3 Å². The number of amides is 1. The van der Waals surface area contributed by atoms with Crippen molar-refractivity contribution in [1.82, 2.24) is 0 Å².